The summed E-state index contributed by atoms with van der Waals surface area (Å²) in [6.07, 6.45) is 0. The average molecular weight is 395 g/mol. The first kappa shape index (κ1) is 23.1. The quantitative estimate of drug-likeness (QED) is 0.519. The Morgan fingerprint density at radius 3 is 0.714 bits per heavy atom. The monoisotopic (exact) mass is 393 g/mol. The summed E-state index contributed by atoms with van der Waals surface area (Å²) in [4.78, 5) is 0. The molecular formula is H6Br3O3Ru. The molecule has 0 aromatic carbocycles. The molecule has 0 unspecified atom stereocenters. The van der Waals surface area contributed by atoms with Gasteiger partial charge < -0.3 is 16.4 Å². The standard InChI is InChI=1S/3BrH.3H2O.Ru/h3*1H;3*1H2;/q;;;;;;+3/p-3. The van der Waals surface area contributed by atoms with Crippen molar-refractivity contribution in [1.82, 2.24) is 0 Å². The predicted octanol–water partition coefficient (Wildman–Crippen LogP) is 0.0602. The Hall–Kier alpha value is 1.94. The van der Waals surface area contributed by atoms with Gasteiger partial charge in [0, 0.05) is 0 Å². The van der Waals surface area contributed by atoms with Gasteiger partial charge in [-0.2, -0.15) is 0 Å². The Morgan fingerprint density at radius 1 is 0.714 bits per heavy atom. The third-order valence-electron chi connectivity index (χ3n) is 0. The maximum absolute atomic E-state index is 3.25. The van der Waals surface area contributed by atoms with Gasteiger partial charge in [0.15, 0.2) is 0 Å². The minimum atomic E-state index is -0.732. The van der Waals surface area contributed by atoms with Gasteiger partial charge in [0.25, 0.3) is 0 Å². The van der Waals surface area contributed by atoms with Crippen molar-refractivity contribution >= 4 is 40.9 Å². The molecule has 0 rings (SSSR count). The van der Waals surface area contributed by atoms with Crippen LogP contribution in [-0.4, -0.2) is 16.4 Å². The Balaban J connectivity index is -0.0000000150. The van der Waals surface area contributed by atoms with Gasteiger partial charge in [0.2, 0.25) is 0 Å². The molecule has 0 aromatic heterocycles. The zero-order valence-corrected chi connectivity index (χ0v) is 9.48. The second kappa shape index (κ2) is 15.7. The van der Waals surface area contributed by atoms with Crippen LogP contribution in [0, 0.1) is 0 Å². The van der Waals surface area contributed by atoms with Gasteiger partial charge in [-0.15, -0.1) is 0 Å². The summed E-state index contributed by atoms with van der Waals surface area (Å²) in [6, 6.07) is 0. The molecule has 0 atom stereocenters. The first-order valence-corrected chi connectivity index (χ1v) is 12.3. The fraction of sp³-hybridized carbons (Fsp3) is 0. The topological polar surface area (TPSA) is 94.5 Å². The van der Waals surface area contributed by atoms with Crippen molar-refractivity contribution in [2.24, 2.45) is 0 Å². The summed E-state index contributed by atoms with van der Waals surface area (Å²) in [6.45, 7) is 0. The maximum atomic E-state index is 3.25. The molecule has 0 spiro atoms. The summed E-state index contributed by atoms with van der Waals surface area (Å²) >= 11 is 9.74. The van der Waals surface area contributed by atoms with Gasteiger partial charge in [0.05, 0.1) is 0 Å². The van der Waals surface area contributed by atoms with E-state index in [9.17, 15) is 0 Å². The molecule has 7 heavy (non-hydrogen) atoms. The SMILES string of the molecule is O.O.O.[Br][Ru]([Br])[Br]. The normalized spacial score (nSPS) is 6.43. The Morgan fingerprint density at radius 2 is 0.714 bits per heavy atom. The first-order chi connectivity index (χ1) is 1.73. The molecule has 0 saturated heterocycles. The molecule has 0 saturated carbocycles. The van der Waals surface area contributed by atoms with Gasteiger partial charge in [-0.25, -0.2) is 0 Å². The van der Waals surface area contributed by atoms with Crippen LogP contribution in [0.15, 0.2) is 0 Å². The first-order valence-electron chi connectivity index (χ1n) is 0.401. The molecule has 0 heterocycles. The van der Waals surface area contributed by atoms with Crippen LogP contribution in [-0.2, 0) is 10.1 Å². The van der Waals surface area contributed by atoms with Crippen LogP contribution in [0.4, 0.5) is 0 Å². The van der Waals surface area contributed by atoms with E-state index in [0.29, 0.717) is 0 Å². The zero-order valence-electron chi connectivity index (χ0n) is 2.99. The predicted molar refractivity (Wildman–Crippen MR) is 37.6 cm³/mol. The van der Waals surface area contributed by atoms with E-state index in [2.05, 4.69) is 40.9 Å². The molecule has 0 aliphatic rings. The van der Waals surface area contributed by atoms with Gasteiger partial charge in [-0.3, -0.25) is 0 Å². The molecule has 0 bridgehead atoms. The van der Waals surface area contributed by atoms with E-state index in [1.165, 1.54) is 0 Å². The zero-order chi connectivity index (χ0) is 3.58. The molecule has 0 aliphatic carbocycles. The minimum absolute atomic E-state index is 0. The number of hydrogen-bond donors (Lipinski definition) is 0. The van der Waals surface area contributed by atoms with Crippen LogP contribution < -0.4 is 0 Å². The third kappa shape index (κ3) is 74.3. The van der Waals surface area contributed by atoms with Gasteiger partial charge in [-0.1, -0.05) is 0 Å². The van der Waals surface area contributed by atoms with Gasteiger partial charge in [-0.05, 0) is 0 Å². The molecule has 0 aliphatic heterocycles. The van der Waals surface area contributed by atoms with E-state index in [4.69, 9.17) is 0 Å². The summed E-state index contributed by atoms with van der Waals surface area (Å²) in [5.41, 5.74) is 0. The van der Waals surface area contributed by atoms with E-state index in [-0.39, 0.29) is 16.4 Å². The van der Waals surface area contributed by atoms with Crippen molar-refractivity contribution in [2.75, 3.05) is 0 Å². The number of halogens is 3. The van der Waals surface area contributed by atoms with Crippen LogP contribution in [0.1, 0.15) is 0 Å². The summed E-state index contributed by atoms with van der Waals surface area (Å²) in [5, 5.41) is 0. The summed E-state index contributed by atoms with van der Waals surface area (Å²) in [5.74, 6) is 0. The van der Waals surface area contributed by atoms with E-state index < -0.39 is 10.1 Å². The van der Waals surface area contributed by atoms with E-state index in [1.807, 2.05) is 0 Å². The molecular weight excluding hydrogens is 389 g/mol. The summed E-state index contributed by atoms with van der Waals surface area (Å²) in [7, 11) is -0.732. The van der Waals surface area contributed by atoms with E-state index >= 15 is 0 Å². The second-order valence-corrected chi connectivity index (χ2v) is 24.2. The average Bonchev–Trinajstić information content (AvgIpc) is 0.811. The van der Waals surface area contributed by atoms with Crippen molar-refractivity contribution in [1.29, 1.82) is 0 Å². The van der Waals surface area contributed by atoms with Gasteiger partial charge >= 0.3 is 50.9 Å². The van der Waals surface area contributed by atoms with Crippen LogP contribution in [0.2, 0.25) is 0 Å². The van der Waals surface area contributed by atoms with Crippen LogP contribution in [0.25, 0.3) is 0 Å². The second-order valence-electron chi connectivity index (χ2n) is 0.152. The van der Waals surface area contributed by atoms with Crippen LogP contribution >= 0.6 is 40.9 Å². The number of hydrogen-bond acceptors (Lipinski definition) is 0. The molecule has 53 valence electrons. The number of rotatable bonds is 0. The molecule has 0 fully saturated rings. The Bertz CT molecular complexity index is 14.9. The molecule has 6 N–H and O–H groups in total. The van der Waals surface area contributed by atoms with Gasteiger partial charge in [0.1, 0.15) is 0 Å². The molecule has 3 nitrogen and oxygen atoms in total. The van der Waals surface area contributed by atoms with Crippen molar-refractivity contribution < 1.29 is 26.5 Å². The van der Waals surface area contributed by atoms with Crippen molar-refractivity contribution in [2.45, 2.75) is 0 Å². The van der Waals surface area contributed by atoms with Crippen molar-refractivity contribution in [3.8, 4) is 0 Å². The van der Waals surface area contributed by atoms with Crippen molar-refractivity contribution in [3.05, 3.63) is 0 Å². The van der Waals surface area contributed by atoms with Crippen LogP contribution in [0.5, 0.6) is 0 Å². The fourth-order valence-electron chi connectivity index (χ4n) is 0. The third-order valence-corrected chi connectivity index (χ3v) is 0. The molecule has 0 radical (unpaired) electrons. The fourth-order valence-corrected chi connectivity index (χ4v) is 0. The van der Waals surface area contributed by atoms with Crippen LogP contribution in [0.3, 0.4) is 0 Å². The Labute approximate surface area is 66.8 Å². The summed E-state index contributed by atoms with van der Waals surface area (Å²) < 4.78 is 0. The van der Waals surface area contributed by atoms with Crippen molar-refractivity contribution in [3.63, 3.8) is 0 Å². The molecule has 7 heteroatoms. The van der Waals surface area contributed by atoms with E-state index in [1.54, 1.807) is 0 Å². The molecule has 0 amide bonds. The molecule has 0 aromatic rings. The Kier molecular flexibility index (Phi) is 51.7. The van der Waals surface area contributed by atoms with E-state index in [0.717, 1.165) is 0 Å².